The number of nitrogens with zero attached hydrogens (tertiary/aromatic N) is 1. The van der Waals surface area contributed by atoms with Crippen LogP contribution < -0.4 is 0 Å². The van der Waals surface area contributed by atoms with Gasteiger partial charge in [0.1, 0.15) is 5.65 Å². The first kappa shape index (κ1) is 13.3. The molecule has 3 rings (SSSR count). The molecule has 0 bridgehead atoms. The highest BCUT2D eigenvalue weighted by Gasteiger charge is 2.05. The lowest BCUT2D eigenvalue weighted by atomic mass is 10.2. The topological polar surface area (TPSA) is 28.7 Å². The van der Waals surface area contributed by atoms with Gasteiger partial charge in [-0.25, -0.2) is 4.98 Å². The molecule has 1 aromatic carbocycles. The van der Waals surface area contributed by atoms with Gasteiger partial charge in [0.05, 0.1) is 10.6 Å². The summed E-state index contributed by atoms with van der Waals surface area (Å²) in [4.78, 5) is 7.25. The van der Waals surface area contributed by atoms with Crippen molar-refractivity contribution in [1.29, 1.82) is 0 Å². The summed E-state index contributed by atoms with van der Waals surface area (Å²) in [6.45, 7) is 0. The van der Waals surface area contributed by atoms with Gasteiger partial charge in [-0.1, -0.05) is 46.6 Å². The molecule has 1 N–H and O–H groups in total. The Kier molecular flexibility index (Phi) is 3.58. The van der Waals surface area contributed by atoms with Gasteiger partial charge in [-0.15, -0.1) is 0 Å². The van der Waals surface area contributed by atoms with Gasteiger partial charge in [0.25, 0.3) is 0 Å². The van der Waals surface area contributed by atoms with Crippen LogP contribution in [0.4, 0.5) is 0 Å². The van der Waals surface area contributed by atoms with Gasteiger partial charge < -0.3 is 4.98 Å². The lowest BCUT2D eigenvalue weighted by Crippen LogP contribution is -1.83. The molecule has 20 heavy (non-hydrogen) atoms. The molecule has 5 heteroatoms. The molecular weight excluding hydrogens is 315 g/mol. The molecule has 2 aromatic heterocycles. The minimum absolute atomic E-state index is 0.548. The Hall–Kier alpha value is -1.66. The number of halogens is 3. The van der Waals surface area contributed by atoms with Gasteiger partial charge in [0.15, 0.2) is 0 Å². The van der Waals surface area contributed by atoms with Crippen LogP contribution in [0.3, 0.4) is 0 Å². The van der Waals surface area contributed by atoms with Crippen LogP contribution in [-0.2, 0) is 0 Å². The molecule has 0 fully saturated rings. The first-order valence-corrected chi connectivity index (χ1v) is 6.86. The van der Waals surface area contributed by atoms with E-state index in [9.17, 15) is 0 Å². The Morgan fingerprint density at radius 1 is 1.00 bits per heavy atom. The number of fused-ring (bicyclic) bond motifs is 1. The van der Waals surface area contributed by atoms with Crippen LogP contribution >= 0.6 is 34.8 Å². The second kappa shape index (κ2) is 5.38. The van der Waals surface area contributed by atoms with E-state index in [4.69, 9.17) is 34.8 Å². The zero-order chi connectivity index (χ0) is 14.1. The monoisotopic (exact) mass is 320 g/mol. The molecule has 98 valence electrons. The third kappa shape index (κ3) is 2.62. The van der Waals surface area contributed by atoms with E-state index in [0.29, 0.717) is 20.6 Å². The Labute approximate surface area is 130 Å². The van der Waals surface area contributed by atoms with Crippen molar-refractivity contribution in [2.24, 2.45) is 0 Å². The highest BCUT2D eigenvalue weighted by atomic mass is 35.5. The van der Waals surface area contributed by atoms with E-state index in [-0.39, 0.29) is 0 Å². The third-order valence-corrected chi connectivity index (χ3v) is 3.57. The highest BCUT2D eigenvalue weighted by molar-refractivity contribution is 6.36. The number of rotatable bonds is 0. The second-order valence-corrected chi connectivity index (χ2v) is 5.38. The lowest BCUT2D eigenvalue weighted by molar-refractivity contribution is 1.32. The zero-order valence-electron chi connectivity index (χ0n) is 10.0. The summed E-state index contributed by atoms with van der Waals surface area (Å²) in [7, 11) is 0. The molecule has 2 heterocycles. The summed E-state index contributed by atoms with van der Waals surface area (Å²) < 4.78 is 0. The number of hydrogen-bond acceptors (Lipinski definition) is 1. The van der Waals surface area contributed by atoms with Gasteiger partial charge in [0, 0.05) is 33.4 Å². The van der Waals surface area contributed by atoms with Crippen LogP contribution in [0, 0.1) is 11.8 Å². The van der Waals surface area contributed by atoms with E-state index in [1.165, 1.54) is 0 Å². The minimum atomic E-state index is 0.548. The molecule has 0 aliphatic rings. The predicted octanol–water partition coefficient (Wildman–Crippen LogP) is 4.92. The summed E-state index contributed by atoms with van der Waals surface area (Å²) in [6.07, 6.45) is 3.43. The summed E-state index contributed by atoms with van der Waals surface area (Å²) in [5, 5.41) is 2.53. The highest BCUT2D eigenvalue weighted by Crippen LogP contribution is 2.24. The fourth-order valence-electron chi connectivity index (χ4n) is 1.83. The molecule has 0 aliphatic heterocycles. The number of aromatic amines is 1. The molecule has 0 aliphatic carbocycles. The van der Waals surface area contributed by atoms with E-state index in [1.807, 2.05) is 6.07 Å². The maximum absolute atomic E-state index is 6.30. The van der Waals surface area contributed by atoms with Gasteiger partial charge in [0.2, 0.25) is 0 Å². The second-order valence-electron chi connectivity index (χ2n) is 4.13. The van der Waals surface area contributed by atoms with Crippen LogP contribution in [0.5, 0.6) is 0 Å². The number of nitrogens with one attached hydrogen (secondary N) is 1. The maximum Gasteiger partial charge on any atom is 0.138 e. The van der Waals surface area contributed by atoms with Crippen molar-refractivity contribution < 1.29 is 0 Å². The van der Waals surface area contributed by atoms with Crippen molar-refractivity contribution in [1.82, 2.24) is 9.97 Å². The van der Waals surface area contributed by atoms with Crippen molar-refractivity contribution in [3.63, 3.8) is 0 Å². The van der Waals surface area contributed by atoms with E-state index in [0.717, 1.165) is 16.6 Å². The van der Waals surface area contributed by atoms with E-state index in [1.54, 1.807) is 30.6 Å². The number of aromatic nitrogens is 2. The summed E-state index contributed by atoms with van der Waals surface area (Å²) in [5.41, 5.74) is 2.13. The standard InChI is InChI=1S/C15H7Cl3N2/c16-11-5-9(6-12(17)7-11)1-2-10-8-20-15-13(14(10)18)3-4-19-15/h3-8H,(H,19,20). The normalized spacial score (nSPS) is 10.3. The fraction of sp³-hybridized carbons (Fsp3) is 0. The maximum atomic E-state index is 6.30. The summed E-state index contributed by atoms with van der Waals surface area (Å²) in [6, 6.07) is 7.02. The Balaban J connectivity index is 2.05. The average Bonchev–Trinajstić information content (AvgIpc) is 2.86. The van der Waals surface area contributed by atoms with E-state index < -0.39 is 0 Å². The molecule has 0 amide bonds. The average molecular weight is 322 g/mol. The smallest absolute Gasteiger partial charge is 0.138 e. The quantitative estimate of drug-likeness (QED) is 0.585. The molecule has 2 nitrogen and oxygen atoms in total. The van der Waals surface area contributed by atoms with Crippen molar-refractivity contribution in [2.45, 2.75) is 0 Å². The van der Waals surface area contributed by atoms with Gasteiger partial charge >= 0.3 is 0 Å². The number of hydrogen-bond donors (Lipinski definition) is 1. The summed E-state index contributed by atoms with van der Waals surface area (Å²) >= 11 is 18.2. The Bertz CT molecular complexity index is 836. The molecule has 3 aromatic rings. The molecule has 0 spiro atoms. The molecule has 0 radical (unpaired) electrons. The van der Waals surface area contributed by atoms with E-state index >= 15 is 0 Å². The third-order valence-electron chi connectivity index (χ3n) is 2.72. The molecular formula is C15H7Cl3N2. The first-order chi connectivity index (χ1) is 9.63. The zero-order valence-corrected chi connectivity index (χ0v) is 12.3. The van der Waals surface area contributed by atoms with Gasteiger partial charge in [-0.2, -0.15) is 0 Å². The Morgan fingerprint density at radius 2 is 1.75 bits per heavy atom. The van der Waals surface area contributed by atoms with Crippen LogP contribution in [-0.4, -0.2) is 9.97 Å². The lowest BCUT2D eigenvalue weighted by Gasteiger charge is -1.97. The van der Waals surface area contributed by atoms with Crippen molar-refractivity contribution >= 4 is 45.8 Å². The Morgan fingerprint density at radius 3 is 2.50 bits per heavy atom. The predicted molar refractivity (Wildman–Crippen MR) is 83.5 cm³/mol. The van der Waals surface area contributed by atoms with Crippen molar-refractivity contribution in [3.8, 4) is 11.8 Å². The number of H-pyrrole nitrogens is 1. The largest absolute Gasteiger partial charge is 0.346 e. The molecule has 0 saturated heterocycles. The minimum Gasteiger partial charge on any atom is -0.346 e. The molecule has 0 saturated carbocycles. The van der Waals surface area contributed by atoms with Crippen molar-refractivity contribution in [3.05, 3.63) is 62.9 Å². The molecule has 0 atom stereocenters. The van der Waals surface area contributed by atoms with Crippen molar-refractivity contribution in [2.75, 3.05) is 0 Å². The summed E-state index contributed by atoms with van der Waals surface area (Å²) in [5.74, 6) is 5.98. The fourth-order valence-corrected chi connectivity index (χ4v) is 2.60. The SMILES string of the molecule is Clc1cc(Cl)cc(C#Cc2cnc3[nH]ccc3c2Cl)c1. The van der Waals surface area contributed by atoms with Gasteiger partial charge in [-0.05, 0) is 24.3 Å². The number of benzene rings is 1. The van der Waals surface area contributed by atoms with Crippen LogP contribution in [0.1, 0.15) is 11.1 Å². The molecule has 0 unspecified atom stereocenters. The van der Waals surface area contributed by atoms with Gasteiger partial charge in [-0.3, -0.25) is 0 Å². The van der Waals surface area contributed by atoms with Crippen LogP contribution in [0.2, 0.25) is 15.1 Å². The van der Waals surface area contributed by atoms with E-state index in [2.05, 4.69) is 21.8 Å². The van der Waals surface area contributed by atoms with Crippen LogP contribution in [0.15, 0.2) is 36.7 Å². The van der Waals surface area contributed by atoms with Crippen LogP contribution in [0.25, 0.3) is 11.0 Å². The number of pyridine rings is 1. The first-order valence-electron chi connectivity index (χ1n) is 5.73.